The number of methoxy groups -OCH3 is 1. The minimum Gasteiger partial charge on any atom is -0.400 e. The van der Waals surface area contributed by atoms with Crippen LogP contribution in [0.4, 0.5) is 0 Å². The highest BCUT2D eigenvalue weighted by molar-refractivity contribution is 6.51. The molecule has 0 spiro atoms. The van der Waals surface area contributed by atoms with Crippen LogP contribution in [0.5, 0.6) is 0 Å². The number of rotatable bonds is 3. The van der Waals surface area contributed by atoms with Crippen LogP contribution in [0, 0.1) is 0 Å². The average Bonchev–Trinajstić information content (AvgIpc) is 2.31. The van der Waals surface area contributed by atoms with Gasteiger partial charge < -0.3 is 14.0 Å². The molecule has 1 aliphatic rings. The lowest BCUT2D eigenvalue weighted by Gasteiger charge is -2.32. The lowest BCUT2D eigenvalue weighted by atomic mass is 9.89. The van der Waals surface area contributed by atoms with Gasteiger partial charge >= 0.3 is 7.12 Å². The second-order valence-electron chi connectivity index (χ2n) is 4.95. The topological polar surface area (TPSA) is 27.7 Å². The zero-order valence-corrected chi connectivity index (χ0v) is 10.5. The molecule has 1 rings (SSSR count). The fourth-order valence-electron chi connectivity index (χ4n) is 1.29. The summed E-state index contributed by atoms with van der Waals surface area (Å²) in [6, 6.07) is 0. The summed E-state index contributed by atoms with van der Waals surface area (Å²) in [6.45, 7) is 10.1. The average molecular weight is 212 g/mol. The van der Waals surface area contributed by atoms with E-state index in [-0.39, 0.29) is 24.4 Å². The largest absolute Gasteiger partial charge is 0.486 e. The molecule has 0 radical (unpaired) electrons. The quantitative estimate of drug-likeness (QED) is 0.671. The van der Waals surface area contributed by atoms with E-state index in [1.165, 1.54) is 0 Å². The molecule has 1 heterocycles. The molecule has 3 nitrogen and oxygen atoms in total. The summed E-state index contributed by atoms with van der Waals surface area (Å²) in [5, 5.41) is 0. The van der Waals surface area contributed by atoms with Gasteiger partial charge in [-0.3, -0.25) is 0 Å². The monoisotopic (exact) mass is 212 g/mol. The van der Waals surface area contributed by atoms with Crippen LogP contribution in [0.15, 0.2) is 12.1 Å². The van der Waals surface area contributed by atoms with Crippen molar-refractivity contribution in [1.29, 1.82) is 0 Å². The third-order valence-electron chi connectivity index (χ3n) is 3.18. The van der Waals surface area contributed by atoms with Gasteiger partial charge in [0.2, 0.25) is 0 Å². The third-order valence-corrected chi connectivity index (χ3v) is 3.18. The first kappa shape index (κ1) is 12.8. The Labute approximate surface area is 92.9 Å². The van der Waals surface area contributed by atoms with Crippen molar-refractivity contribution < 1.29 is 14.0 Å². The summed E-state index contributed by atoms with van der Waals surface area (Å²) in [7, 11) is 1.41. The molecule has 1 saturated heterocycles. The maximum absolute atomic E-state index is 5.79. The summed E-state index contributed by atoms with van der Waals surface area (Å²) >= 11 is 0. The van der Waals surface area contributed by atoms with Gasteiger partial charge in [0.05, 0.1) is 17.3 Å². The van der Waals surface area contributed by atoms with Crippen molar-refractivity contribution in [1.82, 2.24) is 0 Å². The fourth-order valence-corrected chi connectivity index (χ4v) is 1.29. The molecule has 1 aliphatic heterocycles. The van der Waals surface area contributed by atoms with E-state index >= 15 is 0 Å². The van der Waals surface area contributed by atoms with Crippen LogP contribution in [0.25, 0.3) is 0 Å². The molecular formula is C11H21BO3. The second kappa shape index (κ2) is 4.28. The lowest BCUT2D eigenvalue weighted by Crippen LogP contribution is -2.41. The predicted molar refractivity (Wildman–Crippen MR) is 61.7 cm³/mol. The Morgan fingerprint density at radius 3 is 2.00 bits per heavy atom. The molecule has 0 saturated carbocycles. The normalized spacial score (nSPS) is 26.1. The van der Waals surface area contributed by atoms with Crippen LogP contribution in [0.3, 0.4) is 0 Å². The highest BCUT2D eigenvalue weighted by Gasteiger charge is 2.49. The first-order valence-corrected chi connectivity index (χ1v) is 5.35. The van der Waals surface area contributed by atoms with E-state index in [9.17, 15) is 0 Å². The first-order chi connectivity index (χ1) is 6.78. The highest BCUT2D eigenvalue weighted by Crippen LogP contribution is 2.36. The van der Waals surface area contributed by atoms with E-state index < -0.39 is 0 Å². The predicted octanol–water partition coefficient (Wildman–Crippen LogP) is 2.21. The summed E-state index contributed by atoms with van der Waals surface area (Å²) in [5.74, 6) is 1.91. The molecule has 1 fully saturated rings. The molecule has 0 N–H and O–H groups in total. The van der Waals surface area contributed by atoms with Gasteiger partial charge in [0.1, 0.15) is 0 Å². The standard InChI is InChI=1S/C11H21BO3/c1-9(13-6)7-8-12-14-10(2,3)11(4,5)15-12/h7-9H,1-6H3/b8-7+. The van der Waals surface area contributed by atoms with Crippen LogP contribution in [0.1, 0.15) is 34.6 Å². The van der Waals surface area contributed by atoms with Crippen LogP contribution in [-0.4, -0.2) is 31.5 Å². The fraction of sp³-hybridized carbons (Fsp3) is 0.818. The highest BCUT2D eigenvalue weighted by atomic mass is 16.7. The molecule has 4 heteroatoms. The van der Waals surface area contributed by atoms with Crippen molar-refractivity contribution in [2.75, 3.05) is 7.11 Å². The summed E-state index contributed by atoms with van der Waals surface area (Å²) in [4.78, 5) is 0. The summed E-state index contributed by atoms with van der Waals surface area (Å²) in [6.07, 6.45) is 2.03. The van der Waals surface area contributed by atoms with Gasteiger partial charge in [0, 0.05) is 7.11 Å². The van der Waals surface area contributed by atoms with Crippen molar-refractivity contribution in [3.05, 3.63) is 12.1 Å². The van der Waals surface area contributed by atoms with Gasteiger partial charge in [-0.05, 0) is 34.6 Å². The smallest absolute Gasteiger partial charge is 0.400 e. The maximum Gasteiger partial charge on any atom is 0.486 e. The molecule has 1 unspecified atom stereocenters. The summed E-state index contributed by atoms with van der Waals surface area (Å²) in [5.41, 5.74) is -0.531. The van der Waals surface area contributed by atoms with E-state index in [2.05, 4.69) is 0 Å². The number of hydrogen-bond donors (Lipinski definition) is 0. The van der Waals surface area contributed by atoms with E-state index in [4.69, 9.17) is 14.0 Å². The molecule has 0 bridgehead atoms. The van der Waals surface area contributed by atoms with Crippen LogP contribution >= 0.6 is 0 Å². The Hall–Kier alpha value is -0.315. The summed E-state index contributed by atoms with van der Waals surface area (Å²) < 4.78 is 16.7. The van der Waals surface area contributed by atoms with Gasteiger partial charge in [-0.15, -0.1) is 0 Å². The molecule has 0 aromatic heterocycles. The Kier molecular flexibility index (Phi) is 3.64. The molecule has 15 heavy (non-hydrogen) atoms. The number of hydrogen-bond acceptors (Lipinski definition) is 3. The van der Waals surface area contributed by atoms with Gasteiger partial charge in [-0.25, -0.2) is 0 Å². The van der Waals surface area contributed by atoms with Crippen molar-refractivity contribution in [3.63, 3.8) is 0 Å². The van der Waals surface area contributed by atoms with Crippen molar-refractivity contribution >= 4 is 7.12 Å². The van der Waals surface area contributed by atoms with E-state index in [1.807, 2.05) is 46.7 Å². The Bertz CT molecular complexity index is 232. The molecule has 0 aliphatic carbocycles. The van der Waals surface area contributed by atoms with Crippen molar-refractivity contribution in [3.8, 4) is 0 Å². The van der Waals surface area contributed by atoms with E-state index in [1.54, 1.807) is 7.11 Å². The lowest BCUT2D eigenvalue weighted by molar-refractivity contribution is 0.00578. The molecule has 0 aromatic rings. The molecule has 1 atom stereocenters. The number of ether oxygens (including phenoxy) is 1. The third kappa shape index (κ3) is 2.83. The van der Waals surface area contributed by atoms with Crippen molar-refractivity contribution in [2.24, 2.45) is 0 Å². The minimum absolute atomic E-state index is 0.0871. The Morgan fingerprint density at radius 2 is 1.60 bits per heavy atom. The maximum atomic E-state index is 5.79. The SMILES string of the molecule is COC(C)/C=C/B1OC(C)(C)C(C)(C)O1. The van der Waals surface area contributed by atoms with Gasteiger partial charge in [-0.1, -0.05) is 12.1 Å². The molecular weight excluding hydrogens is 191 g/mol. The van der Waals surface area contributed by atoms with Crippen molar-refractivity contribution in [2.45, 2.75) is 51.9 Å². The van der Waals surface area contributed by atoms with E-state index in [0.29, 0.717) is 0 Å². The van der Waals surface area contributed by atoms with Crippen LogP contribution in [-0.2, 0) is 14.0 Å². The Morgan fingerprint density at radius 1 is 1.13 bits per heavy atom. The molecule has 86 valence electrons. The van der Waals surface area contributed by atoms with Crippen LogP contribution in [0.2, 0.25) is 0 Å². The minimum atomic E-state index is -0.271. The van der Waals surface area contributed by atoms with Gasteiger partial charge in [0.15, 0.2) is 0 Å². The molecule has 0 amide bonds. The van der Waals surface area contributed by atoms with Gasteiger partial charge in [-0.2, -0.15) is 0 Å². The van der Waals surface area contributed by atoms with Gasteiger partial charge in [0.25, 0.3) is 0 Å². The zero-order valence-electron chi connectivity index (χ0n) is 10.5. The Balaban J connectivity index is 2.60. The van der Waals surface area contributed by atoms with Crippen LogP contribution < -0.4 is 0 Å². The van der Waals surface area contributed by atoms with E-state index in [0.717, 1.165) is 0 Å². The second-order valence-corrected chi connectivity index (χ2v) is 4.95. The molecule has 0 aromatic carbocycles. The first-order valence-electron chi connectivity index (χ1n) is 5.35. The zero-order chi connectivity index (χ0) is 11.7.